The third kappa shape index (κ3) is 2.51. The van der Waals surface area contributed by atoms with E-state index in [1.807, 2.05) is 32.0 Å². The van der Waals surface area contributed by atoms with Gasteiger partial charge in [0.15, 0.2) is 12.0 Å². The number of likely N-dealkylation sites (N-methyl/N-ethyl adjacent to an activating group) is 1. The molecule has 96 valence electrons. The smallest absolute Gasteiger partial charge is 0.239 e. The lowest BCUT2D eigenvalue weighted by molar-refractivity contribution is -0.126. The van der Waals surface area contributed by atoms with Gasteiger partial charge in [0, 0.05) is 6.54 Å². The molecule has 0 aliphatic carbocycles. The topological polar surface area (TPSA) is 67.2 Å². The van der Waals surface area contributed by atoms with Crippen molar-refractivity contribution in [1.82, 2.24) is 15.6 Å². The summed E-state index contributed by atoms with van der Waals surface area (Å²) < 4.78 is 5.22. The van der Waals surface area contributed by atoms with Crippen molar-refractivity contribution in [3.05, 3.63) is 30.2 Å². The molecule has 0 fully saturated rings. The normalized spacial score (nSPS) is 11.7. The highest BCUT2D eigenvalue weighted by molar-refractivity contribution is 5.85. The molecule has 1 aromatic heterocycles. The third-order valence-electron chi connectivity index (χ3n) is 3.04. The molecule has 2 N–H and O–H groups in total. The van der Waals surface area contributed by atoms with Crippen LogP contribution in [-0.2, 0) is 11.3 Å². The van der Waals surface area contributed by atoms with Gasteiger partial charge in [-0.2, -0.15) is 0 Å². The predicted molar refractivity (Wildman–Crippen MR) is 69.0 cm³/mol. The highest BCUT2D eigenvalue weighted by Crippen LogP contribution is 2.14. The quantitative estimate of drug-likeness (QED) is 0.858. The molecule has 0 saturated carbocycles. The Morgan fingerprint density at radius 1 is 1.44 bits per heavy atom. The zero-order valence-corrected chi connectivity index (χ0v) is 10.8. The number of hydrogen-bond donors (Lipinski definition) is 2. The largest absolute Gasteiger partial charge is 0.443 e. The molecule has 2 rings (SSSR count). The third-order valence-corrected chi connectivity index (χ3v) is 3.04. The van der Waals surface area contributed by atoms with Gasteiger partial charge >= 0.3 is 0 Å². The Hall–Kier alpha value is -1.88. The van der Waals surface area contributed by atoms with Gasteiger partial charge in [-0.25, -0.2) is 4.98 Å². The van der Waals surface area contributed by atoms with Crippen LogP contribution in [0.3, 0.4) is 0 Å². The summed E-state index contributed by atoms with van der Waals surface area (Å²) in [5.74, 6) is -0.0392. The molecular formula is C13H17N3O2. The van der Waals surface area contributed by atoms with Crippen molar-refractivity contribution in [1.29, 1.82) is 0 Å². The van der Waals surface area contributed by atoms with Crippen molar-refractivity contribution in [2.45, 2.75) is 25.9 Å². The molecule has 5 heteroatoms. The van der Waals surface area contributed by atoms with Crippen molar-refractivity contribution < 1.29 is 9.21 Å². The minimum absolute atomic E-state index is 0.0392. The second kappa shape index (κ2) is 4.78. The average Bonchev–Trinajstić information content (AvgIpc) is 2.83. The lowest BCUT2D eigenvalue weighted by Gasteiger charge is -2.22. The number of fused-ring (bicyclic) bond motifs is 1. The van der Waals surface area contributed by atoms with Gasteiger partial charge in [-0.3, -0.25) is 4.79 Å². The second-order valence-corrected chi connectivity index (χ2v) is 4.71. The lowest BCUT2D eigenvalue weighted by Crippen LogP contribution is -2.50. The Balaban J connectivity index is 2.04. The first-order chi connectivity index (χ1) is 8.53. The molecule has 0 spiro atoms. The Morgan fingerprint density at radius 2 is 2.22 bits per heavy atom. The van der Waals surface area contributed by atoms with E-state index in [1.54, 1.807) is 7.05 Å². The van der Waals surface area contributed by atoms with Crippen molar-refractivity contribution in [2.24, 2.45) is 0 Å². The number of aromatic nitrogens is 1. The summed E-state index contributed by atoms with van der Waals surface area (Å²) in [6.07, 6.45) is 1.41. The number of nitrogens with one attached hydrogen (secondary N) is 2. The molecule has 1 amide bonds. The van der Waals surface area contributed by atoms with Crippen molar-refractivity contribution in [3.63, 3.8) is 0 Å². The van der Waals surface area contributed by atoms with Crippen LogP contribution in [0.5, 0.6) is 0 Å². The zero-order chi connectivity index (χ0) is 13.2. The molecule has 1 heterocycles. The summed E-state index contributed by atoms with van der Waals surface area (Å²) in [5.41, 5.74) is 1.96. The van der Waals surface area contributed by atoms with E-state index in [2.05, 4.69) is 15.6 Å². The standard InChI is InChI=1S/C13H17N3O2/c1-13(2,14-3)12(17)15-7-9-4-5-10-11(6-9)18-8-16-10/h4-6,8,14H,7H2,1-3H3,(H,15,17). The number of carbonyl (C=O) groups excluding carboxylic acids is 1. The van der Waals surface area contributed by atoms with E-state index in [1.165, 1.54) is 6.39 Å². The van der Waals surface area contributed by atoms with E-state index in [-0.39, 0.29) is 5.91 Å². The molecule has 0 aliphatic rings. The minimum atomic E-state index is -0.573. The number of benzene rings is 1. The molecule has 0 aliphatic heterocycles. The number of oxazole rings is 1. The van der Waals surface area contributed by atoms with Gasteiger partial charge in [0.25, 0.3) is 0 Å². The fourth-order valence-corrected chi connectivity index (χ4v) is 1.53. The summed E-state index contributed by atoms with van der Waals surface area (Å²) in [4.78, 5) is 15.9. The van der Waals surface area contributed by atoms with E-state index in [0.29, 0.717) is 6.54 Å². The van der Waals surface area contributed by atoms with Crippen LogP contribution in [0.4, 0.5) is 0 Å². The summed E-state index contributed by atoms with van der Waals surface area (Å²) in [7, 11) is 1.76. The van der Waals surface area contributed by atoms with Crippen molar-refractivity contribution >= 4 is 17.0 Å². The van der Waals surface area contributed by atoms with Crippen molar-refractivity contribution in [3.8, 4) is 0 Å². The first-order valence-electron chi connectivity index (χ1n) is 5.82. The van der Waals surface area contributed by atoms with Crippen LogP contribution in [0, 0.1) is 0 Å². The van der Waals surface area contributed by atoms with E-state index >= 15 is 0 Å². The van der Waals surface area contributed by atoms with Crippen LogP contribution in [0.25, 0.3) is 11.1 Å². The molecule has 0 atom stereocenters. The number of hydrogen-bond acceptors (Lipinski definition) is 4. The van der Waals surface area contributed by atoms with Gasteiger partial charge < -0.3 is 15.1 Å². The Morgan fingerprint density at radius 3 is 2.94 bits per heavy atom. The molecule has 0 saturated heterocycles. The first-order valence-corrected chi connectivity index (χ1v) is 5.82. The Bertz CT molecular complexity index is 560. The van der Waals surface area contributed by atoms with Gasteiger partial charge in [-0.05, 0) is 38.6 Å². The maximum absolute atomic E-state index is 11.9. The second-order valence-electron chi connectivity index (χ2n) is 4.71. The summed E-state index contributed by atoms with van der Waals surface area (Å²) in [5, 5.41) is 5.85. The van der Waals surface area contributed by atoms with E-state index < -0.39 is 5.54 Å². The number of nitrogens with zero attached hydrogens (tertiary/aromatic N) is 1. The lowest BCUT2D eigenvalue weighted by atomic mass is 10.1. The van der Waals surface area contributed by atoms with Crippen LogP contribution in [0.15, 0.2) is 29.0 Å². The van der Waals surface area contributed by atoms with E-state index in [0.717, 1.165) is 16.7 Å². The molecule has 5 nitrogen and oxygen atoms in total. The Kier molecular flexibility index (Phi) is 3.34. The maximum atomic E-state index is 11.9. The van der Waals surface area contributed by atoms with E-state index in [4.69, 9.17) is 4.42 Å². The minimum Gasteiger partial charge on any atom is -0.443 e. The SMILES string of the molecule is CNC(C)(C)C(=O)NCc1ccc2ncoc2c1. The van der Waals surface area contributed by atoms with Gasteiger partial charge in [0.05, 0.1) is 5.54 Å². The molecule has 0 unspecified atom stereocenters. The number of amides is 1. The first kappa shape index (κ1) is 12.6. The molecule has 2 aromatic rings. The van der Waals surface area contributed by atoms with Crippen LogP contribution in [-0.4, -0.2) is 23.5 Å². The fraction of sp³-hybridized carbons (Fsp3) is 0.385. The van der Waals surface area contributed by atoms with Crippen LogP contribution < -0.4 is 10.6 Å². The maximum Gasteiger partial charge on any atom is 0.239 e. The molecule has 0 bridgehead atoms. The van der Waals surface area contributed by atoms with Crippen LogP contribution in [0.1, 0.15) is 19.4 Å². The van der Waals surface area contributed by atoms with E-state index in [9.17, 15) is 4.79 Å². The van der Waals surface area contributed by atoms with Crippen LogP contribution in [0.2, 0.25) is 0 Å². The van der Waals surface area contributed by atoms with Crippen molar-refractivity contribution in [2.75, 3.05) is 7.05 Å². The molecular weight excluding hydrogens is 230 g/mol. The molecule has 18 heavy (non-hydrogen) atoms. The molecule has 0 radical (unpaired) electrons. The average molecular weight is 247 g/mol. The predicted octanol–water partition coefficient (Wildman–Crippen LogP) is 1.44. The Labute approximate surface area is 106 Å². The van der Waals surface area contributed by atoms with Crippen LogP contribution >= 0.6 is 0 Å². The monoisotopic (exact) mass is 247 g/mol. The highest BCUT2D eigenvalue weighted by atomic mass is 16.3. The summed E-state index contributed by atoms with van der Waals surface area (Å²) in [6.45, 7) is 4.14. The van der Waals surface area contributed by atoms with Gasteiger partial charge in [-0.15, -0.1) is 0 Å². The van der Waals surface area contributed by atoms with Gasteiger partial charge in [-0.1, -0.05) is 6.07 Å². The number of rotatable bonds is 4. The highest BCUT2D eigenvalue weighted by Gasteiger charge is 2.24. The van der Waals surface area contributed by atoms with Gasteiger partial charge in [0.1, 0.15) is 5.52 Å². The van der Waals surface area contributed by atoms with Gasteiger partial charge in [0.2, 0.25) is 5.91 Å². The summed E-state index contributed by atoms with van der Waals surface area (Å²) in [6, 6.07) is 5.69. The fourth-order valence-electron chi connectivity index (χ4n) is 1.53. The summed E-state index contributed by atoms with van der Waals surface area (Å²) >= 11 is 0. The number of carbonyl (C=O) groups is 1. The zero-order valence-electron chi connectivity index (χ0n) is 10.8. The molecule has 1 aromatic carbocycles.